The fourth-order valence-electron chi connectivity index (χ4n) is 2.14. The summed E-state index contributed by atoms with van der Waals surface area (Å²) in [7, 11) is 0. The van der Waals surface area contributed by atoms with Gasteiger partial charge in [0.2, 0.25) is 5.91 Å². The van der Waals surface area contributed by atoms with Gasteiger partial charge >= 0.3 is 11.8 Å². The number of aromatic nitrogens is 2. The Kier molecular flexibility index (Phi) is 4.10. The third kappa shape index (κ3) is 3.50. The number of nitrogens with zero attached hydrogens (tertiary/aromatic N) is 2. The summed E-state index contributed by atoms with van der Waals surface area (Å²) in [5, 5.41) is 15.7. The van der Waals surface area contributed by atoms with Gasteiger partial charge in [0.05, 0.1) is 12.6 Å². The molecule has 0 unspecified atom stereocenters. The van der Waals surface area contributed by atoms with E-state index in [9.17, 15) is 14.7 Å². The van der Waals surface area contributed by atoms with Gasteiger partial charge in [-0.1, -0.05) is 11.6 Å². The largest absolute Gasteiger partial charge is 0.393 e. The van der Waals surface area contributed by atoms with Crippen LogP contribution in [0, 0.1) is 5.92 Å². The molecular formula is C11H16N4O4. The molecule has 0 aliphatic heterocycles. The standard InChI is InChI=1S/C11H16N4O4/c12-9(17)11-14-8(15-19-11)5-13-10(18)6-2-1-3-7(16)4-6/h6-7,16H,1-5H2,(H2,12,17)(H,13,18)/t6-,7-/m0/s1. The Balaban J connectivity index is 1.84. The van der Waals surface area contributed by atoms with Crippen LogP contribution in [-0.4, -0.2) is 33.2 Å². The first-order valence-corrected chi connectivity index (χ1v) is 6.14. The summed E-state index contributed by atoms with van der Waals surface area (Å²) in [6, 6.07) is 0. The maximum atomic E-state index is 11.9. The fraction of sp³-hybridized carbons (Fsp3) is 0.636. The van der Waals surface area contributed by atoms with Crippen LogP contribution in [0.2, 0.25) is 0 Å². The first kappa shape index (κ1) is 13.5. The lowest BCUT2D eigenvalue weighted by Gasteiger charge is -2.24. The highest BCUT2D eigenvalue weighted by atomic mass is 16.5. The van der Waals surface area contributed by atoms with Crippen molar-refractivity contribution in [3.8, 4) is 0 Å². The molecule has 0 radical (unpaired) electrons. The van der Waals surface area contributed by atoms with Crippen LogP contribution in [0.25, 0.3) is 0 Å². The van der Waals surface area contributed by atoms with E-state index in [-0.39, 0.29) is 30.1 Å². The van der Waals surface area contributed by atoms with Crippen molar-refractivity contribution >= 4 is 11.8 Å². The SMILES string of the molecule is NC(=O)c1nc(CNC(=O)[C@H]2CCC[C@H](O)C2)no1. The molecule has 1 aromatic heterocycles. The highest BCUT2D eigenvalue weighted by Gasteiger charge is 2.26. The molecule has 1 saturated carbocycles. The smallest absolute Gasteiger partial charge is 0.315 e. The fourth-order valence-corrected chi connectivity index (χ4v) is 2.14. The lowest BCUT2D eigenvalue weighted by molar-refractivity contribution is -0.127. The van der Waals surface area contributed by atoms with E-state index in [2.05, 4.69) is 20.0 Å². The number of rotatable bonds is 4. The molecule has 2 amide bonds. The summed E-state index contributed by atoms with van der Waals surface area (Å²) < 4.78 is 4.59. The minimum absolute atomic E-state index is 0.0716. The second kappa shape index (κ2) is 5.79. The molecular weight excluding hydrogens is 252 g/mol. The Labute approximate surface area is 109 Å². The maximum Gasteiger partial charge on any atom is 0.315 e. The number of carbonyl (C=O) groups excluding carboxylic acids is 2. The van der Waals surface area contributed by atoms with Crippen molar-refractivity contribution in [1.29, 1.82) is 0 Å². The molecule has 0 aromatic carbocycles. The van der Waals surface area contributed by atoms with Gasteiger partial charge < -0.3 is 20.7 Å². The first-order chi connectivity index (χ1) is 9.06. The van der Waals surface area contributed by atoms with Crippen LogP contribution in [0.1, 0.15) is 42.2 Å². The summed E-state index contributed by atoms with van der Waals surface area (Å²) in [6.45, 7) is 0.0716. The third-order valence-electron chi connectivity index (χ3n) is 3.12. The normalized spacial score (nSPS) is 23.0. The topological polar surface area (TPSA) is 131 Å². The Morgan fingerprint density at radius 1 is 1.47 bits per heavy atom. The number of aliphatic hydroxyl groups excluding tert-OH is 1. The highest BCUT2D eigenvalue weighted by molar-refractivity contribution is 5.87. The summed E-state index contributed by atoms with van der Waals surface area (Å²) >= 11 is 0. The van der Waals surface area contributed by atoms with Crippen molar-refractivity contribution < 1.29 is 19.2 Å². The van der Waals surface area contributed by atoms with E-state index in [1.807, 2.05) is 0 Å². The molecule has 1 fully saturated rings. The van der Waals surface area contributed by atoms with Gasteiger partial charge in [-0.3, -0.25) is 9.59 Å². The molecule has 0 bridgehead atoms. The highest BCUT2D eigenvalue weighted by Crippen LogP contribution is 2.24. The summed E-state index contributed by atoms with van der Waals surface area (Å²) in [6.07, 6.45) is 2.42. The van der Waals surface area contributed by atoms with Gasteiger partial charge in [-0.25, -0.2) is 0 Å². The van der Waals surface area contributed by atoms with Crippen LogP contribution >= 0.6 is 0 Å². The molecule has 1 heterocycles. The number of aliphatic hydroxyl groups is 1. The van der Waals surface area contributed by atoms with Crippen molar-refractivity contribution in [2.24, 2.45) is 11.7 Å². The van der Waals surface area contributed by atoms with Crippen LogP contribution in [0.15, 0.2) is 4.52 Å². The minimum Gasteiger partial charge on any atom is -0.393 e. The van der Waals surface area contributed by atoms with E-state index < -0.39 is 12.0 Å². The zero-order valence-electron chi connectivity index (χ0n) is 10.3. The lowest BCUT2D eigenvalue weighted by Crippen LogP contribution is -2.35. The zero-order chi connectivity index (χ0) is 13.8. The van der Waals surface area contributed by atoms with Crippen LogP contribution in [-0.2, 0) is 11.3 Å². The quantitative estimate of drug-likeness (QED) is 0.664. The van der Waals surface area contributed by atoms with Gasteiger partial charge in [-0.05, 0) is 19.3 Å². The van der Waals surface area contributed by atoms with E-state index in [1.165, 1.54) is 0 Å². The molecule has 2 rings (SSSR count). The van der Waals surface area contributed by atoms with E-state index >= 15 is 0 Å². The summed E-state index contributed by atoms with van der Waals surface area (Å²) in [5.74, 6) is -1.23. The van der Waals surface area contributed by atoms with Gasteiger partial charge in [0.25, 0.3) is 0 Å². The van der Waals surface area contributed by atoms with Crippen LogP contribution < -0.4 is 11.1 Å². The lowest BCUT2D eigenvalue weighted by atomic mass is 9.87. The van der Waals surface area contributed by atoms with Crippen LogP contribution in [0.5, 0.6) is 0 Å². The number of carbonyl (C=O) groups is 2. The minimum atomic E-state index is -0.805. The molecule has 2 atom stereocenters. The molecule has 104 valence electrons. The van der Waals surface area contributed by atoms with Crippen molar-refractivity contribution in [2.45, 2.75) is 38.3 Å². The van der Waals surface area contributed by atoms with E-state index in [1.54, 1.807) is 0 Å². The Morgan fingerprint density at radius 3 is 2.89 bits per heavy atom. The number of amides is 2. The summed E-state index contributed by atoms with van der Waals surface area (Å²) in [4.78, 5) is 26.3. The second-order valence-corrected chi connectivity index (χ2v) is 4.62. The molecule has 8 heteroatoms. The van der Waals surface area contributed by atoms with Crippen LogP contribution in [0.4, 0.5) is 0 Å². The molecule has 4 N–H and O–H groups in total. The van der Waals surface area contributed by atoms with E-state index in [0.717, 1.165) is 19.3 Å². The predicted octanol–water partition coefficient (Wildman–Crippen LogP) is -0.664. The average Bonchev–Trinajstić information content (AvgIpc) is 2.85. The number of primary amides is 1. The Bertz CT molecular complexity index is 473. The monoisotopic (exact) mass is 268 g/mol. The maximum absolute atomic E-state index is 11.9. The predicted molar refractivity (Wildman–Crippen MR) is 62.6 cm³/mol. The van der Waals surface area contributed by atoms with Gasteiger partial charge in [-0.2, -0.15) is 4.98 Å². The van der Waals surface area contributed by atoms with Crippen LogP contribution in [0.3, 0.4) is 0 Å². The first-order valence-electron chi connectivity index (χ1n) is 6.14. The van der Waals surface area contributed by atoms with E-state index in [0.29, 0.717) is 6.42 Å². The van der Waals surface area contributed by atoms with Gasteiger partial charge in [0.15, 0.2) is 5.82 Å². The van der Waals surface area contributed by atoms with Crippen molar-refractivity contribution in [1.82, 2.24) is 15.5 Å². The van der Waals surface area contributed by atoms with Crippen molar-refractivity contribution in [2.75, 3.05) is 0 Å². The average molecular weight is 268 g/mol. The van der Waals surface area contributed by atoms with E-state index in [4.69, 9.17) is 5.73 Å². The third-order valence-corrected chi connectivity index (χ3v) is 3.12. The molecule has 19 heavy (non-hydrogen) atoms. The molecule has 1 aromatic rings. The number of nitrogens with one attached hydrogen (secondary N) is 1. The molecule has 8 nitrogen and oxygen atoms in total. The Morgan fingerprint density at radius 2 is 2.26 bits per heavy atom. The number of hydrogen-bond acceptors (Lipinski definition) is 6. The number of nitrogens with two attached hydrogens (primary N) is 1. The van der Waals surface area contributed by atoms with Crippen molar-refractivity contribution in [3.63, 3.8) is 0 Å². The van der Waals surface area contributed by atoms with Crippen molar-refractivity contribution in [3.05, 3.63) is 11.7 Å². The molecule has 1 aliphatic carbocycles. The summed E-state index contributed by atoms with van der Waals surface area (Å²) in [5.41, 5.74) is 4.96. The zero-order valence-corrected chi connectivity index (χ0v) is 10.3. The van der Waals surface area contributed by atoms with Gasteiger partial charge in [-0.15, -0.1) is 0 Å². The Hall–Kier alpha value is -1.96. The molecule has 1 aliphatic rings. The molecule has 0 saturated heterocycles. The molecule has 0 spiro atoms. The second-order valence-electron chi connectivity index (χ2n) is 4.62. The number of hydrogen-bond donors (Lipinski definition) is 3. The van der Waals surface area contributed by atoms with Gasteiger partial charge in [0, 0.05) is 5.92 Å². The van der Waals surface area contributed by atoms with Gasteiger partial charge in [0.1, 0.15) is 0 Å².